The Morgan fingerprint density at radius 3 is 2.52 bits per heavy atom. The molecule has 0 radical (unpaired) electrons. The summed E-state index contributed by atoms with van der Waals surface area (Å²) in [4.78, 5) is 31.1. The molecule has 6 heteroatoms. The molecule has 0 unspecified atom stereocenters. The summed E-state index contributed by atoms with van der Waals surface area (Å²) in [5.74, 6) is -0.730. The lowest BCUT2D eigenvalue weighted by molar-refractivity contribution is -0.147. The first-order valence-corrected chi connectivity index (χ1v) is 9.04. The maximum Gasteiger partial charge on any atom is 0.228 e. The molecule has 2 saturated heterocycles. The van der Waals surface area contributed by atoms with Gasteiger partial charge in [-0.1, -0.05) is 25.1 Å². The van der Waals surface area contributed by atoms with E-state index in [0.29, 0.717) is 31.5 Å². The number of halogens is 1. The molecule has 2 heterocycles. The van der Waals surface area contributed by atoms with Crippen molar-refractivity contribution < 1.29 is 14.0 Å². The van der Waals surface area contributed by atoms with Gasteiger partial charge in [0.25, 0.3) is 0 Å². The highest BCUT2D eigenvalue weighted by atomic mass is 19.1. The van der Waals surface area contributed by atoms with Crippen LogP contribution in [-0.4, -0.2) is 66.3 Å². The van der Waals surface area contributed by atoms with E-state index in [4.69, 9.17) is 0 Å². The number of hydrogen-bond acceptors (Lipinski definition) is 3. The van der Waals surface area contributed by atoms with Gasteiger partial charge in [-0.15, -0.1) is 0 Å². The number of carbonyl (C=O) groups excluding carboxylic acids is 2. The Balaban J connectivity index is 1.84. The first-order chi connectivity index (χ1) is 12.0. The molecule has 0 saturated carbocycles. The zero-order valence-electron chi connectivity index (χ0n) is 14.9. The Morgan fingerprint density at radius 2 is 1.88 bits per heavy atom. The minimum Gasteiger partial charge on any atom is -0.340 e. The summed E-state index contributed by atoms with van der Waals surface area (Å²) in [7, 11) is 1.67. The monoisotopic (exact) mass is 347 g/mol. The summed E-state index contributed by atoms with van der Waals surface area (Å²) >= 11 is 0. The summed E-state index contributed by atoms with van der Waals surface area (Å²) in [5, 5.41) is 0. The van der Waals surface area contributed by atoms with E-state index < -0.39 is 6.04 Å². The Kier molecular flexibility index (Phi) is 5.37. The van der Waals surface area contributed by atoms with Gasteiger partial charge < -0.3 is 14.7 Å². The first-order valence-electron chi connectivity index (χ1n) is 9.04. The zero-order chi connectivity index (χ0) is 18.0. The van der Waals surface area contributed by atoms with Gasteiger partial charge in [0, 0.05) is 45.2 Å². The molecular formula is C19H26FN3O2. The van der Waals surface area contributed by atoms with Crippen molar-refractivity contribution in [1.29, 1.82) is 0 Å². The van der Waals surface area contributed by atoms with E-state index in [1.807, 2.05) is 4.90 Å². The van der Waals surface area contributed by atoms with Gasteiger partial charge in [-0.2, -0.15) is 0 Å². The van der Waals surface area contributed by atoms with Crippen LogP contribution in [0.1, 0.15) is 31.4 Å². The van der Waals surface area contributed by atoms with Crippen LogP contribution in [0.4, 0.5) is 4.39 Å². The van der Waals surface area contributed by atoms with Gasteiger partial charge >= 0.3 is 0 Å². The molecule has 1 aromatic carbocycles. The summed E-state index contributed by atoms with van der Waals surface area (Å²) in [6, 6.07) is 5.94. The van der Waals surface area contributed by atoms with E-state index in [2.05, 4.69) is 11.8 Å². The molecule has 0 bridgehead atoms. The predicted octanol–water partition coefficient (Wildman–Crippen LogP) is 1.90. The Morgan fingerprint density at radius 1 is 1.20 bits per heavy atom. The first kappa shape index (κ1) is 17.9. The van der Waals surface area contributed by atoms with Crippen LogP contribution in [0.15, 0.2) is 24.3 Å². The van der Waals surface area contributed by atoms with Crippen LogP contribution in [0.2, 0.25) is 0 Å². The fourth-order valence-corrected chi connectivity index (χ4v) is 3.96. The second kappa shape index (κ2) is 7.52. The van der Waals surface area contributed by atoms with Gasteiger partial charge in [0.15, 0.2) is 0 Å². The lowest BCUT2D eigenvalue weighted by atomic mass is 9.83. The van der Waals surface area contributed by atoms with Gasteiger partial charge in [0.05, 0.1) is 12.0 Å². The number of hydrogen-bond donors (Lipinski definition) is 0. The third-order valence-electron chi connectivity index (χ3n) is 5.53. The number of piperidine rings is 1. The average Bonchev–Trinajstić information content (AvgIpc) is 2.64. The number of rotatable bonds is 3. The molecule has 25 heavy (non-hydrogen) atoms. The van der Waals surface area contributed by atoms with E-state index in [1.54, 1.807) is 30.1 Å². The molecular weight excluding hydrogens is 321 g/mol. The number of piperazine rings is 1. The van der Waals surface area contributed by atoms with Crippen LogP contribution in [0.3, 0.4) is 0 Å². The normalized spacial score (nSPS) is 25.3. The summed E-state index contributed by atoms with van der Waals surface area (Å²) in [6.07, 6.45) is 0.821. The Hall–Kier alpha value is -1.95. The third kappa shape index (κ3) is 3.54. The van der Waals surface area contributed by atoms with E-state index in [0.717, 1.165) is 19.6 Å². The summed E-state index contributed by atoms with van der Waals surface area (Å²) in [5.41, 5.74) is 0.434. The van der Waals surface area contributed by atoms with Crippen LogP contribution >= 0.6 is 0 Å². The minimum absolute atomic E-state index is 0.0342. The SMILES string of the molecule is CCN1CCN(C(=O)[C@@H]2CCC(=O)N(C)[C@H]2c2ccccc2F)CC1. The second-order valence-corrected chi connectivity index (χ2v) is 6.88. The smallest absolute Gasteiger partial charge is 0.228 e. The van der Waals surface area contributed by atoms with Crippen molar-refractivity contribution in [3.8, 4) is 0 Å². The number of benzene rings is 1. The van der Waals surface area contributed by atoms with Gasteiger partial charge in [-0.25, -0.2) is 4.39 Å². The van der Waals surface area contributed by atoms with E-state index in [-0.39, 0.29) is 23.5 Å². The fraction of sp³-hybridized carbons (Fsp3) is 0.579. The van der Waals surface area contributed by atoms with Crippen molar-refractivity contribution in [3.05, 3.63) is 35.6 Å². The summed E-state index contributed by atoms with van der Waals surface area (Å²) < 4.78 is 14.4. The lowest BCUT2D eigenvalue weighted by Gasteiger charge is -2.42. The molecule has 136 valence electrons. The number of likely N-dealkylation sites (N-methyl/N-ethyl adjacent to an activating group) is 1. The van der Waals surface area contributed by atoms with E-state index in [1.165, 1.54) is 6.07 Å². The molecule has 0 spiro atoms. The fourth-order valence-electron chi connectivity index (χ4n) is 3.96. The molecule has 0 N–H and O–H groups in total. The van der Waals surface area contributed by atoms with Gasteiger partial charge in [0.2, 0.25) is 11.8 Å². The highest BCUT2D eigenvalue weighted by molar-refractivity contribution is 5.85. The largest absolute Gasteiger partial charge is 0.340 e. The molecule has 2 aliphatic rings. The molecule has 2 fully saturated rings. The molecule has 0 aromatic heterocycles. The lowest BCUT2D eigenvalue weighted by Crippen LogP contribution is -2.53. The molecule has 2 atom stereocenters. The molecule has 5 nitrogen and oxygen atoms in total. The van der Waals surface area contributed by atoms with Crippen molar-refractivity contribution in [2.45, 2.75) is 25.8 Å². The van der Waals surface area contributed by atoms with E-state index in [9.17, 15) is 14.0 Å². The molecule has 1 aromatic rings. The summed E-state index contributed by atoms with van der Waals surface area (Å²) in [6.45, 7) is 6.24. The van der Waals surface area contributed by atoms with Crippen LogP contribution in [-0.2, 0) is 9.59 Å². The minimum atomic E-state index is -0.529. The number of carbonyl (C=O) groups is 2. The van der Waals surface area contributed by atoms with Crippen molar-refractivity contribution >= 4 is 11.8 Å². The predicted molar refractivity (Wildman–Crippen MR) is 93.3 cm³/mol. The van der Waals surface area contributed by atoms with Crippen LogP contribution in [0.5, 0.6) is 0 Å². The number of amides is 2. The highest BCUT2D eigenvalue weighted by Crippen LogP contribution is 2.38. The number of nitrogens with zero attached hydrogens (tertiary/aromatic N) is 3. The van der Waals surface area contributed by atoms with Crippen molar-refractivity contribution in [2.75, 3.05) is 39.8 Å². The third-order valence-corrected chi connectivity index (χ3v) is 5.53. The highest BCUT2D eigenvalue weighted by Gasteiger charge is 2.41. The van der Waals surface area contributed by atoms with Crippen molar-refractivity contribution in [1.82, 2.24) is 14.7 Å². The maximum atomic E-state index is 14.4. The quantitative estimate of drug-likeness (QED) is 0.839. The van der Waals surface area contributed by atoms with Gasteiger partial charge in [-0.3, -0.25) is 9.59 Å². The van der Waals surface area contributed by atoms with Crippen LogP contribution in [0.25, 0.3) is 0 Å². The van der Waals surface area contributed by atoms with Gasteiger partial charge in [-0.05, 0) is 19.0 Å². The molecule has 3 rings (SSSR count). The van der Waals surface area contributed by atoms with Crippen LogP contribution in [0, 0.1) is 11.7 Å². The zero-order valence-corrected chi connectivity index (χ0v) is 14.9. The van der Waals surface area contributed by atoms with Gasteiger partial charge in [0.1, 0.15) is 5.82 Å². The average molecular weight is 347 g/mol. The topological polar surface area (TPSA) is 43.9 Å². The Bertz CT molecular complexity index is 643. The van der Waals surface area contributed by atoms with Crippen molar-refractivity contribution in [2.24, 2.45) is 5.92 Å². The van der Waals surface area contributed by atoms with Crippen LogP contribution < -0.4 is 0 Å². The molecule has 2 amide bonds. The maximum absolute atomic E-state index is 14.4. The Labute approximate surface area is 148 Å². The number of likely N-dealkylation sites (tertiary alicyclic amines) is 1. The van der Waals surface area contributed by atoms with E-state index >= 15 is 0 Å². The standard InChI is InChI=1S/C19H26FN3O2/c1-3-22-10-12-23(13-11-22)19(25)15-8-9-17(24)21(2)18(15)14-6-4-5-7-16(14)20/h4-7,15,18H,3,8-13H2,1-2H3/t15-,18+/m1/s1. The van der Waals surface area contributed by atoms with Crippen molar-refractivity contribution in [3.63, 3.8) is 0 Å². The molecule has 0 aliphatic carbocycles. The molecule has 2 aliphatic heterocycles. The second-order valence-electron chi connectivity index (χ2n) is 6.88.